The standard InChI is InChI=1S/C18H26FN5/c1-13(12-24-15(3)9-14(2)23-24)10-21-18(20-4)22-11-16-7-5-6-8-17(16)19/h5-9,13H,10-12H2,1-4H3,(H2,20,21,22). The highest BCUT2D eigenvalue weighted by molar-refractivity contribution is 5.79. The Hall–Kier alpha value is -2.37. The molecule has 1 aromatic heterocycles. The largest absolute Gasteiger partial charge is 0.356 e. The molecule has 130 valence electrons. The van der Waals surface area contributed by atoms with Crippen LogP contribution in [0.4, 0.5) is 4.39 Å². The summed E-state index contributed by atoms with van der Waals surface area (Å²) in [4.78, 5) is 4.18. The molecule has 2 aromatic rings. The predicted octanol–water partition coefficient (Wildman–Crippen LogP) is 2.64. The molecule has 1 heterocycles. The molecule has 1 aromatic carbocycles. The van der Waals surface area contributed by atoms with Crippen LogP contribution in [0.1, 0.15) is 23.9 Å². The minimum absolute atomic E-state index is 0.210. The second-order valence-corrected chi connectivity index (χ2v) is 6.11. The van der Waals surface area contributed by atoms with E-state index in [4.69, 9.17) is 0 Å². The average Bonchev–Trinajstić information content (AvgIpc) is 2.86. The fourth-order valence-electron chi connectivity index (χ4n) is 2.53. The van der Waals surface area contributed by atoms with Crippen LogP contribution in [-0.4, -0.2) is 29.3 Å². The first kappa shape index (κ1) is 18.0. The van der Waals surface area contributed by atoms with E-state index in [2.05, 4.69) is 40.6 Å². The van der Waals surface area contributed by atoms with E-state index in [9.17, 15) is 4.39 Å². The van der Waals surface area contributed by atoms with Gasteiger partial charge in [-0.1, -0.05) is 25.1 Å². The van der Waals surface area contributed by atoms with Crippen LogP contribution < -0.4 is 10.6 Å². The number of hydrogen-bond donors (Lipinski definition) is 2. The Morgan fingerprint density at radius 3 is 2.67 bits per heavy atom. The van der Waals surface area contributed by atoms with E-state index in [1.165, 1.54) is 11.8 Å². The predicted molar refractivity (Wildman–Crippen MR) is 95.5 cm³/mol. The van der Waals surface area contributed by atoms with Gasteiger partial charge in [-0.05, 0) is 31.9 Å². The molecule has 0 radical (unpaired) electrons. The average molecular weight is 331 g/mol. The molecule has 0 saturated heterocycles. The number of hydrogen-bond acceptors (Lipinski definition) is 2. The van der Waals surface area contributed by atoms with Gasteiger partial charge in [-0.25, -0.2) is 4.39 Å². The Kier molecular flexibility index (Phi) is 6.35. The van der Waals surface area contributed by atoms with E-state index < -0.39 is 0 Å². The zero-order valence-corrected chi connectivity index (χ0v) is 14.8. The van der Waals surface area contributed by atoms with Crippen molar-refractivity contribution in [3.8, 4) is 0 Å². The Morgan fingerprint density at radius 1 is 1.29 bits per heavy atom. The maximum atomic E-state index is 13.6. The molecule has 1 atom stereocenters. The minimum atomic E-state index is -0.210. The van der Waals surface area contributed by atoms with Crippen LogP contribution in [0.5, 0.6) is 0 Å². The molecule has 24 heavy (non-hydrogen) atoms. The molecule has 0 spiro atoms. The number of benzene rings is 1. The zero-order valence-electron chi connectivity index (χ0n) is 14.8. The molecule has 0 bridgehead atoms. The highest BCUT2D eigenvalue weighted by Gasteiger charge is 2.08. The SMILES string of the molecule is CN=C(NCc1ccccc1F)NCC(C)Cn1nc(C)cc1C. The van der Waals surface area contributed by atoms with Crippen LogP contribution in [0.2, 0.25) is 0 Å². The second-order valence-electron chi connectivity index (χ2n) is 6.11. The van der Waals surface area contributed by atoms with E-state index in [0.717, 1.165) is 18.8 Å². The number of rotatable bonds is 6. The first-order valence-electron chi connectivity index (χ1n) is 8.18. The first-order valence-corrected chi connectivity index (χ1v) is 8.18. The third-order valence-corrected chi connectivity index (χ3v) is 3.83. The number of aliphatic imine (C=N–C) groups is 1. The lowest BCUT2D eigenvalue weighted by atomic mass is 10.2. The summed E-state index contributed by atoms with van der Waals surface area (Å²) in [6, 6.07) is 8.82. The number of nitrogens with one attached hydrogen (secondary N) is 2. The summed E-state index contributed by atoms with van der Waals surface area (Å²) >= 11 is 0. The van der Waals surface area contributed by atoms with E-state index in [1.807, 2.05) is 17.7 Å². The highest BCUT2D eigenvalue weighted by atomic mass is 19.1. The molecule has 0 aliphatic carbocycles. The fraction of sp³-hybridized carbons (Fsp3) is 0.444. The first-order chi connectivity index (χ1) is 11.5. The van der Waals surface area contributed by atoms with E-state index in [-0.39, 0.29) is 5.82 Å². The molecule has 6 heteroatoms. The van der Waals surface area contributed by atoms with Gasteiger partial charge in [0.05, 0.1) is 5.69 Å². The van der Waals surface area contributed by atoms with Crippen molar-refractivity contribution >= 4 is 5.96 Å². The van der Waals surface area contributed by atoms with Crippen LogP contribution in [-0.2, 0) is 13.1 Å². The third-order valence-electron chi connectivity index (χ3n) is 3.83. The molecule has 5 nitrogen and oxygen atoms in total. The Labute approximate surface area is 143 Å². The lowest BCUT2D eigenvalue weighted by molar-refractivity contribution is 0.436. The van der Waals surface area contributed by atoms with Crippen molar-refractivity contribution in [3.63, 3.8) is 0 Å². The van der Waals surface area contributed by atoms with E-state index in [1.54, 1.807) is 19.2 Å². The van der Waals surface area contributed by atoms with Gasteiger partial charge in [0.25, 0.3) is 0 Å². The summed E-state index contributed by atoms with van der Waals surface area (Å²) in [7, 11) is 1.71. The van der Waals surface area contributed by atoms with Crippen molar-refractivity contribution in [2.75, 3.05) is 13.6 Å². The summed E-state index contributed by atoms with van der Waals surface area (Å²) in [5.74, 6) is 0.840. The lowest BCUT2D eigenvalue weighted by Crippen LogP contribution is -2.39. The topological polar surface area (TPSA) is 54.2 Å². The van der Waals surface area contributed by atoms with Crippen LogP contribution in [0.25, 0.3) is 0 Å². The highest BCUT2D eigenvalue weighted by Crippen LogP contribution is 2.07. The van der Waals surface area contributed by atoms with E-state index in [0.29, 0.717) is 24.0 Å². The van der Waals surface area contributed by atoms with Crippen molar-refractivity contribution in [2.24, 2.45) is 10.9 Å². The smallest absolute Gasteiger partial charge is 0.191 e. The van der Waals surface area contributed by atoms with Crippen LogP contribution in [0.15, 0.2) is 35.3 Å². The van der Waals surface area contributed by atoms with Gasteiger partial charge in [0.2, 0.25) is 0 Å². The summed E-state index contributed by atoms with van der Waals surface area (Å²) < 4.78 is 15.7. The molecular weight excluding hydrogens is 305 g/mol. The molecular formula is C18H26FN5. The van der Waals surface area contributed by atoms with Gasteiger partial charge < -0.3 is 10.6 Å². The minimum Gasteiger partial charge on any atom is -0.356 e. The molecule has 1 unspecified atom stereocenters. The Morgan fingerprint density at radius 2 is 2.04 bits per heavy atom. The summed E-state index contributed by atoms with van der Waals surface area (Å²) in [6.07, 6.45) is 0. The number of nitrogens with zero attached hydrogens (tertiary/aromatic N) is 3. The van der Waals surface area contributed by atoms with Crippen LogP contribution in [0.3, 0.4) is 0 Å². The van der Waals surface area contributed by atoms with Crippen LogP contribution >= 0.6 is 0 Å². The van der Waals surface area contributed by atoms with Gasteiger partial charge in [-0.15, -0.1) is 0 Å². The summed E-state index contributed by atoms with van der Waals surface area (Å²) in [5.41, 5.74) is 2.83. The fourth-order valence-corrected chi connectivity index (χ4v) is 2.53. The number of halogens is 1. The number of aromatic nitrogens is 2. The second kappa shape index (κ2) is 8.47. The van der Waals surface area contributed by atoms with E-state index >= 15 is 0 Å². The molecule has 0 fully saturated rings. The van der Waals surface area contributed by atoms with Crippen molar-refractivity contribution in [3.05, 3.63) is 53.1 Å². The molecule has 0 aliphatic rings. The summed E-state index contributed by atoms with van der Waals surface area (Å²) in [6.45, 7) is 8.23. The van der Waals surface area contributed by atoms with Crippen molar-refractivity contribution in [2.45, 2.75) is 33.9 Å². The van der Waals surface area contributed by atoms with Gasteiger partial charge in [-0.2, -0.15) is 5.10 Å². The van der Waals surface area contributed by atoms with Crippen molar-refractivity contribution < 1.29 is 4.39 Å². The Balaban J connectivity index is 1.81. The van der Waals surface area contributed by atoms with Gasteiger partial charge in [-0.3, -0.25) is 9.67 Å². The van der Waals surface area contributed by atoms with Crippen molar-refractivity contribution in [1.82, 2.24) is 20.4 Å². The van der Waals surface area contributed by atoms with Gasteiger partial charge in [0, 0.05) is 37.9 Å². The molecule has 0 amide bonds. The molecule has 0 saturated carbocycles. The van der Waals surface area contributed by atoms with Gasteiger partial charge in [0.1, 0.15) is 5.82 Å². The lowest BCUT2D eigenvalue weighted by Gasteiger charge is -2.17. The third kappa shape index (κ3) is 5.08. The number of guanidine groups is 1. The monoisotopic (exact) mass is 331 g/mol. The number of aryl methyl sites for hydroxylation is 2. The molecule has 2 N–H and O–H groups in total. The van der Waals surface area contributed by atoms with Crippen molar-refractivity contribution in [1.29, 1.82) is 0 Å². The molecule has 0 aliphatic heterocycles. The maximum absolute atomic E-state index is 13.6. The normalized spacial score (nSPS) is 13.0. The maximum Gasteiger partial charge on any atom is 0.191 e. The Bertz CT molecular complexity index is 692. The van der Waals surface area contributed by atoms with Gasteiger partial charge >= 0.3 is 0 Å². The summed E-state index contributed by atoms with van der Waals surface area (Å²) in [5, 5.41) is 10.9. The quantitative estimate of drug-likeness (QED) is 0.632. The van der Waals surface area contributed by atoms with Gasteiger partial charge in [0.15, 0.2) is 5.96 Å². The van der Waals surface area contributed by atoms with Crippen LogP contribution in [0, 0.1) is 25.6 Å². The molecule has 2 rings (SSSR count). The zero-order chi connectivity index (χ0) is 17.5.